The monoisotopic (exact) mass is 360 g/mol. The van der Waals surface area contributed by atoms with Crippen LogP contribution in [0.2, 0.25) is 0 Å². The summed E-state index contributed by atoms with van der Waals surface area (Å²) in [5.41, 5.74) is 1.58. The van der Waals surface area contributed by atoms with Crippen LogP contribution in [0.5, 0.6) is 5.75 Å². The maximum atomic E-state index is 12.4. The standard InChI is InChI=1S/C16H13BrN2O3/c17-11-5-7-12(8-6-11)18-15(20)13-9-10-3-1-2-4-14(10)22-16(13)19-21/h1-8,13,21H,9H2,(H,18,20). The Labute approximate surface area is 135 Å². The summed E-state index contributed by atoms with van der Waals surface area (Å²) < 4.78 is 6.43. The van der Waals surface area contributed by atoms with E-state index in [0.29, 0.717) is 17.9 Å². The number of amides is 1. The molecule has 0 saturated carbocycles. The van der Waals surface area contributed by atoms with Crippen molar-refractivity contribution in [2.75, 3.05) is 5.32 Å². The first-order valence-electron chi connectivity index (χ1n) is 6.71. The van der Waals surface area contributed by atoms with Gasteiger partial charge in [0.15, 0.2) is 0 Å². The first-order chi connectivity index (χ1) is 10.7. The largest absolute Gasteiger partial charge is 0.439 e. The van der Waals surface area contributed by atoms with Crippen molar-refractivity contribution < 1.29 is 14.7 Å². The van der Waals surface area contributed by atoms with E-state index < -0.39 is 5.92 Å². The fourth-order valence-corrected chi connectivity index (χ4v) is 2.58. The third-order valence-electron chi connectivity index (χ3n) is 3.44. The molecule has 2 aromatic carbocycles. The smallest absolute Gasteiger partial charge is 0.243 e. The number of rotatable bonds is 2. The van der Waals surface area contributed by atoms with Gasteiger partial charge in [0, 0.05) is 10.2 Å². The zero-order valence-electron chi connectivity index (χ0n) is 11.5. The zero-order valence-corrected chi connectivity index (χ0v) is 13.1. The molecule has 0 aromatic heterocycles. The summed E-state index contributed by atoms with van der Waals surface area (Å²) in [4.78, 5) is 12.4. The number of carbonyl (C=O) groups is 1. The lowest BCUT2D eigenvalue weighted by molar-refractivity contribution is -0.118. The Morgan fingerprint density at radius 1 is 1.23 bits per heavy atom. The van der Waals surface area contributed by atoms with E-state index in [1.807, 2.05) is 30.3 Å². The minimum Gasteiger partial charge on any atom is -0.439 e. The van der Waals surface area contributed by atoms with E-state index in [0.717, 1.165) is 10.0 Å². The highest BCUT2D eigenvalue weighted by Gasteiger charge is 2.33. The molecule has 6 heteroatoms. The molecule has 3 rings (SSSR count). The van der Waals surface area contributed by atoms with Crippen molar-refractivity contribution in [2.24, 2.45) is 11.1 Å². The molecule has 0 fully saturated rings. The van der Waals surface area contributed by atoms with Gasteiger partial charge in [-0.25, -0.2) is 0 Å². The van der Waals surface area contributed by atoms with Crippen LogP contribution in [0.15, 0.2) is 58.2 Å². The number of nitrogens with one attached hydrogen (secondary N) is 1. The predicted octanol–water partition coefficient (Wildman–Crippen LogP) is 3.43. The molecule has 1 heterocycles. The molecular weight excluding hydrogens is 348 g/mol. The van der Waals surface area contributed by atoms with Gasteiger partial charge in [0.2, 0.25) is 11.8 Å². The number of halogens is 1. The van der Waals surface area contributed by atoms with Crippen LogP contribution in [-0.2, 0) is 11.2 Å². The number of hydrogen-bond acceptors (Lipinski definition) is 4. The first kappa shape index (κ1) is 14.6. The third kappa shape index (κ3) is 2.96. The summed E-state index contributed by atoms with van der Waals surface area (Å²) in [7, 11) is 0. The summed E-state index contributed by atoms with van der Waals surface area (Å²) in [6.07, 6.45) is 0.429. The Bertz CT molecular complexity index is 728. The van der Waals surface area contributed by atoms with E-state index in [1.54, 1.807) is 18.2 Å². The third-order valence-corrected chi connectivity index (χ3v) is 3.96. The highest BCUT2D eigenvalue weighted by molar-refractivity contribution is 9.10. The molecule has 5 nitrogen and oxygen atoms in total. The number of anilines is 1. The first-order valence-corrected chi connectivity index (χ1v) is 7.51. The number of oxime groups is 1. The van der Waals surface area contributed by atoms with E-state index in [9.17, 15) is 4.79 Å². The van der Waals surface area contributed by atoms with Crippen molar-refractivity contribution in [2.45, 2.75) is 6.42 Å². The average molecular weight is 361 g/mol. The lowest BCUT2D eigenvalue weighted by Gasteiger charge is -2.24. The molecular formula is C16H13BrN2O3. The van der Waals surface area contributed by atoms with Crippen LogP contribution in [0, 0.1) is 5.92 Å². The molecule has 0 aliphatic carbocycles. The number of ether oxygens (including phenoxy) is 1. The molecule has 1 atom stereocenters. The van der Waals surface area contributed by atoms with Gasteiger partial charge in [-0.1, -0.05) is 39.3 Å². The summed E-state index contributed by atoms with van der Waals surface area (Å²) >= 11 is 3.34. The van der Waals surface area contributed by atoms with Crippen LogP contribution in [0.1, 0.15) is 5.56 Å². The Morgan fingerprint density at radius 3 is 2.68 bits per heavy atom. The van der Waals surface area contributed by atoms with Crippen molar-refractivity contribution in [1.29, 1.82) is 0 Å². The van der Waals surface area contributed by atoms with Gasteiger partial charge in [-0.15, -0.1) is 0 Å². The van der Waals surface area contributed by atoms with E-state index in [1.165, 1.54) is 0 Å². The molecule has 2 N–H and O–H groups in total. The van der Waals surface area contributed by atoms with Gasteiger partial charge >= 0.3 is 0 Å². The fraction of sp³-hybridized carbons (Fsp3) is 0.125. The molecule has 2 aromatic rings. The maximum Gasteiger partial charge on any atom is 0.243 e. The summed E-state index contributed by atoms with van der Waals surface area (Å²) in [6, 6.07) is 14.6. The molecule has 0 radical (unpaired) electrons. The number of fused-ring (bicyclic) bond motifs is 1. The van der Waals surface area contributed by atoms with Crippen LogP contribution in [0.3, 0.4) is 0 Å². The highest BCUT2D eigenvalue weighted by atomic mass is 79.9. The van der Waals surface area contributed by atoms with E-state index in [-0.39, 0.29) is 11.8 Å². The Balaban J connectivity index is 1.81. The van der Waals surface area contributed by atoms with Gasteiger partial charge in [0.05, 0.1) is 0 Å². The van der Waals surface area contributed by atoms with E-state index in [4.69, 9.17) is 9.94 Å². The van der Waals surface area contributed by atoms with Crippen LogP contribution < -0.4 is 10.1 Å². The quantitative estimate of drug-likeness (QED) is 0.636. The van der Waals surface area contributed by atoms with Crippen LogP contribution >= 0.6 is 15.9 Å². The maximum absolute atomic E-state index is 12.4. The second-order valence-electron chi connectivity index (χ2n) is 4.90. The van der Waals surface area contributed by atoms with Gasteiger partial charge in [0.25, 0.3) is 0 Å². The lowest BCUT2D eigenvalue weighted by Crippen LogP contribution is -2.37. The van der Waals surface area contributed by atoms with Gasteiger partial charge in [0.1, 0.15) is 11.7 Å². The molecule has 0 bridgehead atoms. The van der Waals surface area contributed by atoms with Crippen molar-refractivity contribution in [3.8, 4) is 5.75 Å². The number of hydrogen-bond donors (Lipinski definition) is 2. The van der Waals surface area contributed by atoms with Gasteiger partial charge in [-0.3, -0.25) is 4.79 Å². The Kier molecular flexibility index (Phi) is 4.11. The van der Waals surface area contributed by atoms with Crippen molar-refractivity contribution in [3.63, 3.8) is 0 Å². The molecule has 0 saturated heterocycles. The normalized spacial score (nSPS) is 18.4. The SMILES string of the molecule is O=C(Nc1ccc(Br)cc1)C1Cc2ccccc2OC1=NO. The minimum absolute atomic E-state index is 0.00770. The molecule has 1 aliphatic heterocycles. The molecule has 0 spiro atoms. The number of carbonyl (C=O) groups excluding carboxylic acids is 1. The summed E-state index contributed by atoms with van der Waals surface area (Å²) in [5.74, 6) is -0.315. The molecule has 112 valence electrons. The number of benzene rings is 2. The Hall–Kier alpha value is -2.34. The number of para-hydroxylation sites is 1. The topological polar surface area (TPSA) is 70.9 Å². The van der Waals surface area contributed by atoms with Crippen LogP contribution in [0.25, 0.3) is 0 Å². The minimum atomic E-state index is -0.663. The van der Waals surface area contributed by atoms with Crippen LogP contribution in [-0.4, -0.2) is 17.0 Å². The molecule has 1 aliphatic rings. The second kappa shape index (κ2) is 6.19. The second-order valence-corrected chi connectivity index (χ2v) is 5.82. The van der Waals surface area contributed by atoms with Crippen molar-refractivity contribution in [1.82, 2.24) is 0 Å². The Morgan fingerprint density at radius 2 is 1.95 bits per heavy atom. The van der Waals surface area contributed by atoms with E-state index in [2.05, 4.69) is 26.4 Å². The van der Waals surface area contributed by atoms with Crippen molar-refractivity contribution in [3.05, 3.63) is 58.6 Å². The van der Waals surface area contributed by atoms with Gasteiger partial charge in [-0.05, 0) is 42.3 Å². The summed E-state index contributed by atoms with van der Waals surface area (Å²) in [6.45, 7) is 0. The lowest BCUT2D eigenvalue weighted by atomic mass is 9.95. The predicted molar refractivity (Wildman–Crippen MR) is 86.3 cm³/mol. The van der Waals surface area contributed by atoms with Gasteiger partial charge in [-0.2, -0.15) is 0 Å². The highest BCUT2D eigenvalue weighted by Crippen LogP contribution is 2.29. The number of nitrogens with zero attached hydrogens (tertiary/aromatic N) is 1. The molecule has 22 heavy (non-hydrogen) atoms. The average Bonchev–Trinajstić information content (AvgIpc) is 2.55. The van der Waals surface area contributed by atoms with Crippen molar-refractivity contribution >= 4 is 33.4 Å². The van der Waals surface area contributed by atoms with Crippen LogP contribution in [0.4, 0.5) is 5.69 Å². The van der Waals surface area contributed by atoms with Gasteiger partial charge < -0.3 is 15.3 Å². The zero-order chi connectivity index (χ0) is 15.5. The molecule has 1 unspecified atom stereocenters. The van der Waals surface area contributed by atoms with E-state index >= 15 is 0 Å². The summed E-state index contributed by atoms with van der Waals surface area (Å²) in [5, 5.41) is 15.0. The molecule has 1 amide bonds. The fourth-order valence-electron chi connectivity index (χ4n) is 2.32.